The van der Waals surface area contributed by atoms with Crippen molar-refractivity contribution in [1.82, 2.24) is 10.2 Å². The Balaban J connectivity index is 2.07. The molecule has 1 N–H and O–H groups in total. The third-order valence-corrected chi connectivity index (χ3v) is 5.17. The predicted molar refractivity (Wildman–Crippen MR) is 127 cm³/mol. The zero-order chi connectivity index (χ0) is 23.5. The van der Waals surface area contributed by atoms with Gasteiger partial charge in [0.15, 0.2) is 0 Å². The van der Waals surface area contributed by atoms with E-state index in [4.69, 9.17) is 21.1 Å². The normalized spacial score (nSPS) is 11.7. The zero-order valence-electron chi connectivity index (χ0n) is 19.3. The van der Waals surface area contributed by atoms with Crippen molar-refractivity contribution in [3.63, 3.8) is 0 Å². The third-order valence-electron chi connectivity index (χ3n) is 4.92. The summed E-state index contributed by atoms with van der Waals surface area (Å²) in [6, 6.07) is 14.1. The first-order valence-corrected chi connectivity index (χ1v) is 11.3. The van der Waals surface area contributed by atoms with Crippen LogP contribution in [0, 0.1) is 0 Å². The van der Waals surface area contributed by atoms with E-state index in [-0.39, 0.29) is 24.3 Å². The Labute approximate surface area is 195 Å². The molecular weight excluding hydrogens is 428 g/mol. The smallest absolute Gasteiger partial charge is 0.243 e. The molecule has 1 atom stereocenters. The maximum absolute atomic E-state index is 13.2. The van der Waals surface area contributed by atoms with Gasteiger partial charge in [-0.1, -0.05) is 30.7 Å². The second-order valence-electron chi connectivity index (χ2n) is 7.87. The topological polar surface area (TPSA) is 67.9 Å². The molecule has 0 spiro atoms. The minimum absolute atomic E-state index is 0.00176. The number of carbonyl (C=O) groups excluding carboxylic acids is 2. The maximum atomic E-state index is 13.2. The maximum Gasteiger partial charge on any atom is 0.243 e. The molecule has 2 aromatic carbocycles. The Morgan fingerprint density at radius 3 is 2.44 bits per heavy atom. The van der Waals surface area contributed by atoms with Gasteiger partial charge in [0.25, 0.3) is 0 Å². The minimum Gasteiger partial charge on any atom is -0.497 e. The fourth-order valence-corrected chi connectivity index (χ4v) is 3.48. The molecule has 2 amide bonds. The molecule has 6 nitrogen and oxygen atoms in total. The lowest BCUT2D eigenvalue weighted by molar-refractivity contribution is -0.141. The number of carbonyl (C=O) groups is 2. The van der Waals surface area contributed by atoms with Crippen LogP contribution in [0.5, 0.6) is 11.5 Å². The van der Waals surface area contributed by atoms with Crippen LogP contribution in [-0.4, -0.2) is 42.5 Å². The summed E-state index contributed by atoms with van der Waals surface area (Å²) in [6.07, 6.45) is 1.34. The summed E-state index contributed by atoms with van der Waals surface area (Å²) in [5.41, 5.74) is 0.908. The highest BCUT2D eigenvalue weighted by Gasteiger charge is 2.28. The molecule has 0 radical (unpaired) electrons. The summed E-state index contributed by atoms with van der Waals surface area (Å²) in [4.78, 5) is 27.7. The Hall–Kier alpha value is -2.73. The Bertz CT molecular complexity index is 871. The minimum atomic E-state index is -0.548. The van der Waals surface area contributed by atoms with Crippen molar-refractivity contribution < 1.29 is 19.1 Å². The molecule has 0 aliphatic heterocycles. The van der Waals surface area contributed by atoms with Crippen LogP contribution >= 0.6 is 11.6 Å². The standard InChI is InChI=1S/C25H33ClN2O4/c1-5-23(25(30)27-18(2)3)28(17-19-8-6-9-22(16-19)31-4)24(29)10-7-15-32-21-13-11-20(26)12-14-21/h6,8-9,11-14,16,18,23H,5,7,10,15,17H2,1-4H3,(H,27,30). The summed E-state index contributed by atoms with van der Waals surface area (Å²) < 4.78 is 11.0. The number of rotatable bonds is 12. The Morgan fingerprint density at radius 2 is 1.81 bits per heavy atom. The van der Waals surface area contributed by atoms with Crippen molar-refractivity contribution >= 4 is 23.4 Å². The van der Waals surface area contributed by atoms with Gasteiger partial charge in [-0.2, -0.15) is 0 Å². The molecule has 0 aliphatic carbocycles. The van der Waals surface area contributed by atoms with Crippen molar-refractivity contribution in [2.24, 2.45) is 0 Å². The van der Waals surface area contributed by atoms with Gasteiger partial charge in [0.05, 0.1) is 13.7 Å². The fraction of sp³-hybridized carbons (Fsp3) is 0.440. The van der Waals surface area contributed by atoms with E-state index in [1.165, 1.54) is 0 Å². The molecule has 2 aromatic rings. The van der Waals surface area contributed by atoms with Crippen LogP contribution in [0.1, 0.15) is 45.6 Å². The highest BCUT2D eigenvalue weighted by atomic mass is 35.5. The molecule has 0 saturated carbocycles. The average molecular weight is 461 g/mol. The Kier molecular flexibility index (Phi) is 10.3. The van der Waals surface area contributed by atoms with Crippen LogP contribution < -0.4 is 14.8 Å². The molecule has 0 saturated heterocycles. The number of amides is 2. The molecule has 174 valence electrons. The van der Waals surface area contributed by atoms with Gasteiger partial charge in [-0.05, 0) is 68.7 Å². The molecule has 0 bridgehead atoms. The number of hydrogen-bond donors (Lipinski definition) is 1. The number of hydrogen-bond acceptors (Lipinski definition) is 4. The van der Waals surface area contributed by atoms with Gasteiger partial charge in [-0.15, -0.1) is 0 Å². The van der Waals surface area contributed by atoms with Crippen molar-refractivity contribution in [1.29, 1.82) is 0 Å². The van der Waals surface area contributed by atoms with E-state index in [1.54, 1.807) is 36.3 Å². The van der Waals surface area contributed by atoms with Gasteiger partial charge in [-0.3, -0.25) is 9.59 Å². The number of ether oxygens (including phenoxy) is 2. The van der Waals surface area contributed by atoms with Crippen molar-refractivity contribution in [2.75, 3.05) is 13.7 Å². The van der Waals surface area contributed by atoms with E-state index in [9.17, 15) is 9.59 Å². The highest BCUT2D eigenvalue weighted by Crippen LogP contribution is 2.19. The molecular formula is C25H33ClN2O4. The lowest BCUT2D eigenvalue weighted by atomic mass is 10.1. The predicted octanol–water partition coefficient (Wildman–Crippen LogP) is 4.84. The summed E-state index contributed by atoms with van der Waals surface area (Å²) in [5, 5.41) is 3.58. The number of benzene rings is 2. The van der Waals surface area contributed by atoms with Crippen LogP contribution in [0.4, 0.5) is 0 Å². The molecule has 7 heteroatoms. The number of nitrogens with zero attached hydrogens (tertiary/aromatic N) is 1. The summed E-state index contributed by atoms with van der Waals surface area (Å²) in [5.74, 6) is 1.19. The van der Waals surface area contributed by atoms with E-state index in [1.807, 2.05) is 45.0 Å². The van der Waals surface area contributed by atoms with Gasteiger partial charge >= 0.3 is 0 Å². The SMILES string of the molecule is CCC(C(=O)NC(C)C)N(Cc1cccc(OC)c1)C(=O)CCCOc1ccc(Cl)cc1. The van der Waals surface area contributed by atoms with Crippen LogP contribution in [0.25, 0.3) is 0 Å². The van der Waals surface area contributed by atoms with Gasteiger partial charge in [0.2, 0.25) is 11.8 Å². The monoisotopic (exact) mass is 460 g/mol. The van der Waals surface area contributed by atoms with Crippen LogP contribution in [0.3, 0.4) is 0 Å². The number of halogens is 1. The average Bonchev–Trinajstić information content (AvgIpc) is 2.77. The van der Waals surface area contributed by atoms with Gasteiger partial charge < -0.3 is 19.7 Å². The second-order valence-corrected chi connectivity index (χ2v) is 8.30. The molecule has 0 fully saturated rings. The third kappa shape index (κ3) is 8.08. The van der Waals surface area contributed by atoms with Crippen LogP contribution in [0.2, 0.25) is 5.02 Å². The zero-order valence-corrected chi connectivity index (χ0v) is 20.0. The lowest BCUT2D eigenvalue weighted by Crippen LogP contribution is -2.50. The molecule has 0 aliphatic rings. The second kappa shape index (κ2) is 13.0. The van der Waals surface area contributed by atoms with E-state index in [2.05, 4.69) is 5.32 Å². The van der Waals surface area contributed by atoms with E-state index >= 15 is 0 Å². The van der Waals surface area contributed by atoms with Gasteiger partial charge in [0.1, 0.15) is 17.5 Å². The van der Waals surface area contributed by atoms with E-state index in [0.717, 1.165) is 5.56 Å². The van der Waals surface area contributed by atoms with Gasteiger partial charge in [0, 0.05) is 24.0 Å². The van der Waals surface area contributed by atoms with Crippen molar-refractivity contribution in [2.45, 2.75) is 58.7 Å². The molecule has 0 aromatic heterocycles. The highest BCUT2D eigenvalue weighted by molar-refractivity contribution is 6.30. The summed E-state index contributed by atoms with van der Waals surface area (Å²) >= 11 is 5.89. The summed E-state index contributed by atoms with van der Waals surface area (Å²) in [6.45, 7) is 6.47. The van der Waals surface area contributed by atoms with Crippen LogP contribution in [-0.2, 0) is 16.1 Å². The summed E-state index contributed by atoms with van der Waals surface area (Å²) in [7, 11) is 1.60. The molecule has 1 unspecified atom stereocenters. The quantitative estimate of drug-likeness (QED) is 0.460. The molecule has 0 heterocycles. The lowest BCUT2D eigenvalue weighted by Gasteiger charge is -2.31. The van der Waals surface area contributed by atoms with Crippen molar-refractivity contribution in [3.8, 4) is 11.5 Å². The van der Waals surface area contributed by atoms with E-state index < -0.39 is 6.04 Å². The number of methoxy groups -OCH3 is 1. The molecule has 2 rings (SSSR count). The molecule has 32 heavy (non-hydrogen) atoms. The number of nitrogens with one attached hydrogen (secondary N) is 1. The van der Waals surface area contributed by atoms with Gasteiger partial charge in [-0.25, -0.2) is 0 Å². The fourth-order valence-electron chi connectivity index (χ4n) is 3.36. The Morgan fingerprint density at radius 1 is 1.09 bits per heavy atom. The van der Waals surface area contributed by atoms with E-state index in [0.29, 0.717) is 42.5 Å². The first-order chi connectivity index (χ1) is 15.3. The first kappa shape index (κ1) is 25.5. The van der Waals surface area contributed by atoms with Crippen molar-refractivity contribution in [3.05, 3.63) is 59.1 Å². The first-order valence-electron chi connectivity index (χ1n) is 10.9. The largest absolute Gasteiger partial charge is 0.497 e. The van der Waals surface area contributed by atoms with Crippen LogP contribution in [0.15, 0.2) is 48.5 Å².